The predicted molar refractivity (Wildman–Crippen MR) is 70.1 cm³/mol. The van der Waals surface area contributed by atoms with Gasteiger partial charge in [0, 0.05) is 19.1 Å². The number of carboxylic acids is 1. The Balaban J connectivity index is 2.48. The van der Waals surface area contributed by atoms with E-state index in [0.717, 1.165) is 32.4 Å². The molecule has 0 fully saturated rings. The smallest absolute Gasteiger partial charge is 0.309 e. The number of hydrogen-bond acceptors (Lipinski definition) is 2. The van der Waals surface area contributed by atoms with Gasteiger partial charge >= 0.3 is 5.97 Å². The summed E-state index contributed by atoms with van der Waals surface area (Å²) in [6.07, 6.45) is 5.01. The minimum atomic E-state index is -0.699. The third-order valence-corrected chi connectivity index (χ3v) is 3.64. The molecule has 0 bridgehead atoms. The molecule has 1 aliphatic rings. The van der Waals surface area contributed by atoms with Crippen LogP contribution < -0.4 is 0 Å². The van der Waals surface area contributed by atoms with Gasteiger partial charge in [0.05, 0.1) is 5.41 Å². The minimum Gasteiger partial charge on any atom is -0.481 e. The van der Waals surface area contributed by atoms with Crippen molar-refractivity contribution < 1.29 is 9.90 Å². The van der Waals surface area contributed by atoms with E-state index in [2.05, 4.69) is 24.8 Å². The molecule has 17 heavy (non-hydrogen) atoms. The molecule has 0 aromatic heterocycles. The molecular formula is C14H25NO2. The van der Waals surface area contributed by atoms with Crippen LogP contribution in [0.3, 0.4) is 0 Å². The van der Waals surface area contributed by atoms with Gasteiger partial charge in [0.2, 0.25) is 0 Å². The molecule has 0 aromatic rings. The summed E-state index contributed by atoms with van der Waals surface area (Å²) in [7, 11) is 0. The summed E-state index contributed by atoms with van der Waals surface area (Å²) < 4.78 is 0. The second kappa shape index (κ2) is 5.67. The molecule has 0 amide bonds. The molecule has 0 radical (unpaired) electrons. The highest BCUT2D eigenvalue weighted by molar-refractivity contribution is 5.73. The summed E-state index contributed by atoms with van der Waals surface area (Å²) in [5, 5.41) is 9.08. The van der Waals surface area contributed by atoms with E-state index >= 15 is 0 Å². The maximum atomic E-state index is 11.0. The van der Waals surface area contributed by atoms with Gasteiger partial charge in [-0.05, 0) is 47.0 Å². The fraction of sp³-hybridized carbons (Fsp3) is 0.786. The molecule has 1 rings (SSSR count). The number of rotatable bonds is 5. The summed E-state index contributed by atoms with van der Waals surface area (Å²) in [6.45, 7) is 10.2. The molecule has 0 atom stereocenters. The molecular weight excluding hydrogens is 214 g/mol. The quantitative estimate of drug-likeness (QED) is 0.750. The lowest BCUT2D eigenvalue weighted by molar-refractivity contribution is -0.147. The number of carboxylic acid groups (broad SMARTS) is 1. The normalized spacial score (nSPS) is 18.3. The fourth-order valence-corrected chi connectivity index (χ4v) is 2.04. The van der Waals surface area contributed by atoms with E-state index in [4.69, 9.17) is 5.11 Å². The predicted octanol–water partition coefficient (Wildman–Crippen LogP) is 2.92. The SMILES string of the molecule is CC(C)N1CCC=C(CCC(C)(C)C(=O)O)C1. The Bertz CT molecular complexity index is 305. The van der Waals surface area contributed by atoms with Crippen molar-refractivity contribution in [1.29, 1.82) is 0 Å². The number of aliphatic carboxylic acids is 1. The molecule has 0 saturated carbocycles. The molecule has 1 aliphatic heterocycles. The van der Waals surface area contributed by atoms with E-state index in [9.17, 15) is 4.79 Å². The molecule has 98 valence electrons. The van der Waals surface area contributed by atoms with Crippen molar-refractivity contribution >= 4 is 5.97 Å². The Labute approximate surface area is 105 Å². The van der Waals surface area contributed by atoms with Gasteiger partial charge in [0.1, 0.15) is 0 Å². The standard InChI is InChI=1S/C14H25NO2/c1-11(2)15-9-5-6-12(10-15)7-8-14(3,4)13(16)17/h6,11H,5,7-10H2,1-4H3,(H,16,17). The van der Waals surface area contributed by atoms with E-state index in [1.165, 1.54) is 5.57 Å². The third-order valence-electron chi connectivity index (χ3n) is 3.64. The van der Waals surface area contributed by atoms with Crippen molar-refractivity contribution in [2.24, 2.45) is 5.41 Å². The van der Waals surface area contributed by atoms with Gasteiger partial charge in [-0.1, -0.05) is 11.6 Å². The molecule has 3 nitrogen and oxygen atoms in total. The highest BCUT2D eigenvalue weighted by Gasteiger charge is 2.27. The van der Waals surface area contributed by atoms with Crippen LogP contribution in [-0.4, -0.2) is 35.1 Å². The molecule has 0 unspecified atom stereocenters. The Kier molecular flexibility index (Phi) is 4.75. The maximum Gasteiger partial charge on any atom is 0.309 e. The fourth-order valence-electron chi connectivity index (χ4n) is 2.04. The van der Waals surface area contributed by atoms with E-state index < -0.39 is 11.4 Å². The van der Waals surface area contributed by atoms with E-state index in [1.54, 1.807) is 13.8 Å². The van der Waals surface area contributed by atoms with Crippen LogP contribution in [0.4, 0.5) is 0 Å². The highest BCUT2D eigenvalue weighted by Crippen LogP contribution is 2.26. The van der Waals surface area contributed by atoms with Crippen LogP contribution in [0.25, 0.3) is 0 Å². The first-order valence-electron chi connectivity index (χ1n) is 6.48. The first kappa shape index (κ1) is 14.2. The summed E-state index contributed by atoms with van der Waals surface area (Å²) in [5.74, 6) is -0.699. The summed E-state index contributed by atoms with van der Waals surface area (Å²) in [4.78, 5) is 13.5. The summed E-state index contributed by atoms with van der Waals surface area (Å²) in [6, 6.07) is 0.575. The van der Waals surface area contributed by atoms with Crippen molar-refractivity contribution in [3.05, 3.63) is 11.6 Å². The third kappa shape index (κ3) is 4.15. The van der Waals surface area contributed by atoms with E-state index in [1.807, 2.05) is 0 Å². The summed E-state index contributed by atoms with van der Waals surface area (Å²) >= 11 is 0. The average Bonchev–Trinajstić information content (AvgIpc) is 2.26. The zero-order chi connectivity index (χ0) is 13.1. The topological polar surface area (TPSA) is 40.5 Å². The largest absolute Gasteiger partial charge is 0.481 e. The Hall–Kier alpha value is -0.830. The van der Waals surface area contributed by atoms with Gasteiger partial charge in [0.25, 0.3) is 0 Å². The van der Waals surface area contributed by atoms with Crippen LogP contribution in [0.15, 0.2) is 11.6 Å². The van der Waals surface area contributed by atoms with Crippen molar-refractivity contribution in [1.82, 2.24) is 4.90 Å². The van der Waals surface area contributed by atoms with Crippen LogP contribution in [0.1, 0.15) is 47.0 Å². The van der Waals surface area contributed by atoms with Crippen LogP contribution in [0.5, 0.6) is 0 Å². The monoisotopic (exact) mass is 239 g/mol. The second-order valence-electron chi connectivity index (χ2n) is 5.90. The molecule has 1 N–H and O–H groups in total. The van der Waals surface area contributed by atoms with Gasteiger partial charge in [-0.25, -0.2) is 0 Å². The van der Waals surface area contributed by atoms with Gasteiger partial charge in [0.15, 0.2) is 0 Å². The van der Waals surface area contributed by atoms with Crippen LogP contribution in [-0.2, 0) is 4.79 Å². The van der Waals surface area contributed by atoms with Gasteiger partial charge in [-0.3, -0.25) is 9.69 Å². The number of nitrogens with zero attached hydrogens (tertiary/aromatic N) is 1. The van der Waals surface area contributed by atoms with Gasteiger partial charge in [-0.2, -0.15) is 0 Å². The van der Waals surface area contributed by atoms with Crippen molar-refractivity contribution in [2.45, 2.75) is 53.0 Å². The lowest BCUT2D eigenvalue weighted by Gasteiger charge is -2.31. The first-order chi connectivity index (χ1) is 7.83. The maximum absolute atomic E-state index is 11.0. The lowest BCUT2D eigenvalue weighted by Crippen LogP contribution is -2.36. The van der Waals surface area contributed by atoms with E-state index in [-0.39, 0.29) is 0 Å². The molecule has 0 saturated heterocycles. The average molecular weight is 239 g/mol. The van der Waals surface area contributed by atoms with Gasteiger partial charge in [-0.15, -0.1) is 0 Å². The van der Waals surface area contributed by atoms with Crippen molar-refractivity contribution in [3.8, 4) is 0 Å². The van der Waals surface area contributed by atoms with Crippen LogP contribution >= 0.6 is 0 Å². The second-order valence-corrected chi connectivity index (χ2v) is 5.90. The number of hydrogen-bond donors (Lipinski definition) is 1. The Morgan fingerprint density at radius 3 is 2.71 bits per heavy atom. The Morgan fingerprint density at radius 1 is 1.53 bits per heavy atom. The van der Waals surface area contributed by atoms with Crippen molar-refractivity contribution in [2.75, 3.05) is 13.1 Å². The molecule has 0 aromatic carbocycles. The molecule has 0 aliphatic carbocycles. The summed E-state index contributed by atoms with van der Waals surface area (Å²) in [5.41, 5.74) is 0.792. The minimum absolute atomic E-state index is 0.575. The zero-order valence-electron chi connectivity index (χ0n) is 11.5. The van der Waals surface area contributed by atoms with Crippen molar-refractivity contribution in [3.63, 3.8) is 0 Å². The lowest BCUT2D eigenvalue weighted by atomic mass is 9.85. The zero-order valence-corrected chi connectivity index (χ0v) is 11.5. The Morgan fingerprint density at radius 2 is 2.18 bits per heavy atom. The van der Waals surface area contributed by atoms with Gasteiger partial charge < -0.3 is 5.11 Å². The highest BCUT2D eigenvalue weighted by atomic mass is 16.4. The first-order valence-corrected chi connectivity index (χ1v) is 6.48. The van der Waals surface area contributed by atoms with Crippen LogP contribution in [0, 0.1) is 5.41 Å². The van der Waals surface area contributed by atoms with E-state index in [0.29, 0.717) is 6.04 Å². The number of carbonyl (C=O) groups is 1. The molecule has 3 heteroatoms. The molecule has 1 heterocycles. The van der Waals surface area contributed by atoms with Crippen LogP contribution in [0.2, 0.25) is 0 Å². The molecule has 0 spiro atoms.